The van der Waals surface area contributed by atoms with Gasteiger partial charge in [0.1, 0.15) is 29.4 Å². The number of benzene rings is 2. The van der Waals surface area contributed by atoms with Gasteiger partial charge >= 0.3 is 0 Å². The van der Waals surface area contributed by atoms with Gasteiger partial charge in [0.25, 0.3) is 0 Å². The highest BCUT2D eigenvalue weighted by molar-refractivity contribution is 5.72. The molecule has 0 radical (unpaired) electrons. The number of hydrogen-bond acceptors (Lipinski definition) is 7. The first-order valence-electron chi connectivity index (χ1n) is 9.63. The summed E-state index contributed by atoms with van der Waals surface area (Å²) in [4.78, 5) is 0. The van der Waals surface area contributed by atoms with Crippen molar-refractivity contribution in [3.63, 3.8) is 0 Å². The van der Waals surface area contributed by atoms with Crippen LogP contribution in [0.5, 0.6) is 0 Å². The Hall–Kier alpha value is -4.41. The first-order valence-corrected chi connectivity index (χ1v) is 9.63. The molecule has 2 N–H and O–H groups in total. The molecule has 0 bridgehead atoms. The summed E-state index contributed by atoms with van der Waals surface area (Å²) in [5, 5.41) is 41.9. The van der Waals surface area contributed by atoms with Crippen LogP contribution in [0.1, 0.15) is 0 Å². The molecule has 2 aliphatic rings. The van der Waals surface area contributed by atoms with Crippen molar-refractivity contribution in [1.29, 1.82) is 15.8 Å². The third-order valence-corrected chi connectivity index (χ3v) is 5.13. The molecule has 2 aliphatic heterocycles. The molecule has 2 aromatic carbocycles. The van der Waals surface area contributed by atoms with Crippen LogP contribution < -0.4 is 31.5 Å². The summed E-state index contributed by atoms with van der Waals surface area (Å²) in [6, 6.07) is 21.3. The van der Waals surface area contributed by atoms with Crippen molar-refractivity contribution >= 4 is 23.3 Å². The number of nitriles is 3. The smallest absolute Gasteiger partial charge is 0.136 e. The van der Waals surface area contributed by atoms with Crippen LogP contribution in [0.15, 0.2) is 48.5 Å². The van der Waals surface area contributed by atoms with E-state index in [0.717, 1.165) is 53.5 Å². The van der Waals surface area contributed by atoms with Crippen molar-refractivity contribution in [2.75, 3.05) is 26.2 Å². The van der Waals surface area contributed by atoms with Crippen molar-refractivity contribution in [2.24, 2.45) is 0 Å². The zero-order valence-corrected chi connectivity index (χ0v) is 16.3. The van der Waals surface area contributed by atoms with Gasteiger partial charge in [0.05, 0.1) is 19.2 Å². The second kappa shape index (κ2) is 8.31. The fourth-order valence-electron chi connectivity index (χ4n) is 3.71. The first kappa shape index (κ1) is 18.9. The van der Waals surface area contributed by atoms with E-state index in [9.17, 15) is 0 Å². The van der Waals surface area contributed by atoms with Crippen molar-refractivity contribution in [1.82, 2.24) is 20.7 Å². The van der Waals surface area contributed by atoms with E-state index in [2.05, 4.69) is 26.7 Å². The van der Waals surface area contributed by atoms with Crippen molar-refractivity contribution in [2.45, 2.75) is 0 Å². The van der Waals surface area contributed by atoms with E-state index in [4.69, 9.17) is 15.8 Å². The molecular formula is C23H19N7. The molecule has 2 fully saturated rings. The summed E-state index contributed by atoms with van der Waals surface area (Å²) >= 11 is 0. The molecule has 2 heterocycles. The summed E-state index contributed by atoms with van der Waals surface area (Å²) in [5.74, 6) is 2.02. The highest BCUT2D eigenvalue weighted by Gasteiger charge is 2.28. The summed E-state index contributed by atoms with van der Waals surface area (Å²) in [6.45, 7) is 3.33. The summed E-state index contributed by atoms with van der Waals surface area (Å²) in [6.07, 6.45) is 1.52. The van der Waals surface area contributed by atoms with Crippen molar-refractivity contribution < 1.29 is 0 Å². The minimum atomic E-state index is 0.110. The molecule has 0 saturated carbocycles. The Balaban J connectivity index is 1.76. The average molecular weight is 393 g/mol. The van der Waals surface area contributed by atoms with Gasteiger partial charge in [-0.25, -0.2) is 0 Å². The Kier molecular flexibility index (Phi) is 5.24. The lowest BCUT2D eigenvalue weighted by Gasteiger charge is -2.31. The van der Waals surface area contributed by atoms with Crippen LogP contribution in [0.4, 0.5) is 0 Å². The molecule has 2 aromatic rings. The van der Waals surface area contributed by atoms with Crippen LogP contribution in [-0.2, 0) is 0 Å². The van der Waals surface area contributed by atoms with Gasteiger partial charge in [0.2, 0.25) is 0 Å². The number of nitrogens with one attached hydrogen (secondary N) is 2. The second-order valence-electron chi connectivity index (χ2n) is 6.87. The molecule has 7 nitrogen and oxygen atoms in total. The van der Waals surface area contributed by atoms with Gasteiger partial charge in [-0.1, -0.05) is 48.5 Å². The van der Waals surface area contributed by atoms with E-state index in [-0.39, 0.29) is 5.57 Å². The Morgan fingerprint density at radius 3 is 1.73 bits per heavy atom. The molecule has 0 amide bonds. The van der Waals surface area contributed by atoms with Gasteiger partial charge in [0.15, 0.2) is 0 Å². The Bertz CT molecular complexity index is 1290. The lowest BCUT2D eigenvalue weighted by Crippen LogP contribution is -2.41. The zero-order valence-electron chi connectivity index (χ0n) is 16.3. The number of nitrogens with zero attached hydrogens (tertiary/aromatic N) is 5. The van der Waals surface area contributed by atoms with E-state index in [1.165, 1.54) is 6.08 Å². The van der Waals surface area contributed by atoms with Crippen molar-refractivity contribution in [3.8, 4) is 18.2 Å². The van der Waals surface area contributed by atoms with Gasteiger partial charge in [-0.15, -0.1) is 0 Å². The minimum absolute atomic E-state index is 0.110. The minimum Gasteiger partial charge on any atom is -0.368 e. The molecular weight excluding hydrogens is 374 g/mol. The lowest BCUT2D eigenvalue weighted by atomic mass is 10.2. The summed E-state index contributed by atoms with van der Waals surface area (Å²) < 4.78 is 0. The molecule has 7 heteroatoms. The second-order valence-corrected chi connectivity index (χ2v) is 6.87. The van der Waals surface area contributed by atoms with Gasteiger partial charge < -0.3 is 10.6 Å². The fourth-order valence-corrected chi connectivity index (χ4v) is 3.71. The predicted molar refractivity (Wildman–Crippen MR) is 112 cm³/mol. The molecule has 0 atom stereocenters. The third-order valence-electron chi connectivity index (χ3n) is 5.13. The van der Waals surface area contributed by atoms with Gasteiger partial charge in [0, 0.05) is 34.8 Å². The third kappa shape index (κ3) is 3.51. The molecule has 0 aliphatic carbocycles. The van der Waals surface area contributed by atoms with Crippen LogP contribution in [0.3, 0.4) is 0 Å². The Labute approximate surface area is 174 Å². The van der Waals surface area contributed by atoms with E-state index >= 15 is 0 Å². The lowest BCUT2D eigenvalue weighted by molar-refractivity contribution is 0.136. The SMILES string of the molecule is N#CC=c1ccc(=C2NCCN2N2CCNC2=c2ccc(=C(C#N)C#N)cc2)cc1. The molecule has 4 rings (SSSR count). The molecule has 0 aromatic heterocycles. The van der Waals surface area contributed by atoms with E-state index in [0.29, 0.717) is 5.22 Å². The normalized spacial score (nSPS) is 15.0. The highest BCUT2D eigenvalue weighted by atomic mass is 15.7. The quantitative estimate of drug-likeness (QED) is 0.624. The van der Waals surface area contributed by atoms with Gasteiger partial charge in [-0.05, 0) is 5.22 Å². The summed E-state index contributed by atoms with van der Waals surface area (Å²) in [5.41, 5.74) is 0.110. The molecule has 0 unspecified atom stereocenters. The summed E-state index contributed by atoms with van der Waals surface area (Å²) in [7, 11) is 0. The maximum atomic E-state index is 9.06. The number of hydrogen-bond donors (Lipinski definition) is 2. The Morgan fingerprint density at radius 1 is 0.767 bits per heavy atom. The van der Waals surface area contributed by atoms with Gasteiger partial charge in [-0.3, -0.25) is 10.0 Å². The highest BCUT2D eigenvalue weighted by Crippen LogP contribution is 2.18. The zero-order chi connectivity index (χ0) is 20.9. The van der Waals surface area contributed by atoms with Gasteiger partial charge in [-0.2, -0.15) is 15.8 Å². The maximum absolute atomic E-state index is 9.06. The van der Waals surface area contributed by atoms with Crippen LogP contribution >= 0.6 is 0 Å². The topological polar surface area (TPSA) is 102 Å². The van der Waals surface area contributed by atoms with Crippen molar-refractivity contribution in [3.05, 3.63) is 69.4 Å². The van der Waals surface area contributed by atoms with Crippen LogP contribution in [0.25, 0.3) is 23.3 Å². The maximum Gasteiger partial charge on any atom is 0.136 e. The van der Waals surface area contributed by atoms with Crippen LogP contribution in [0, 0.1) is 34.0 Å². The van der Waals surface area contributed by atoms with E-state index in [1.54, 1.807) is 12.1 Å². The van der Waals surface area contributed by atoms with Crippen LogP contribution in [0.2, 0.25) is 0 Å². The monoisotopic (exact) mass is 393 g/mol. The molecule has 146 valence electrons. The predicted octanol–water partition coefficient (Wildman–Crippen LogP) is -1.25. The largest absolute Gasteiger partial charge is 0.368 e. The average Bonchev–Trinajstić information content (AvgIpc) is 3.45. The molecule has 2 saturated heterocycles. The fraction of sp³-hybridized carbons (Fsp3) is 0.174. The number of rotatable bonds is 1. The molecule has 0 spiro atoms. The van der Waals surface area contributed by atoms with E-state index in [1.807, 2.05) is 48.5 Å². The molecule has 30 heavy (non-hydrogen) atoms. The Morgan fingerprint density at radius 2 is 1.27 bits per heavy atom. The standard InChI is InChI=1S/C23H19N7/c24-10-9-17-1-3-19(4-2-17)22-27-11-13-29(22)30-14-12-28-23(30)20-7-5-18(6-8-20)21(15-25)16-26/h1-9,27-28H,11-14H2. The van der Waals surface area contributed by atoms with Crippen LogP contribution in [-0.4, -0.2) is 36.2 Å². The number of hydrazine groups is 1. The van der Waals surface area contributed by atoms with E-state index < -0.39 is 0 Å². The first-order chi connectivity index (χ1) is 14.7.